The first kappa shape index (κ1) is 14.4. The Kier molecular flexibility index (Phi) is 4.03. The van der Waals surface area contributed by atoms with Crippen LogP contribution in [0.25, 0.3) is 0 Å². The Morgan fingerprint density at radius 3 is 2.55 bits per heavy atom. The maximum Gasteiger partial charge on any atom is 0.417 e. The van der Waals surface area contributed by atoms with Gasteiger partial charge in [-0.15, -0.1) is 5.10 Å². The van der Waals surface area contributed by atoms with Gasteiger partial charge in [-0.05, 0) is 19.2 Å². The molecule has 0 saturated carbocycles. The Labute approximate surface area is 113 Å². The molecule has 1 unspecified atom stereocenters. The van der Waals surface area contributed by atoms with E-state index in [0.717, 1.165) is 18.0 Å². The van der Waals surface area contributed by atoms with Crippen molar-refractivity contribution in [3.63, 3.8) is 0 Å². The average molecular weight is 285 g/mol. The third-order valence-corrected chi connectivity index (χ3v) is 2.88. The van der Waals surface area contributed by atoms with E-state index in [2.05, 4.69) is 20.6 Å². The molecule has 8 heteroatoms. The van der Waals surface area contributed by atoms with E-state index in [1.54, 1.807) is 25.0 Å². The van der Waals surface area contributed by atoms with Crippen molar-refractivity contribution in [3.05, 3.63) is 41.5 Å². The maximum absolute atomic E-state index is 12.5. The fourth-order valence-corrected chi connectivity index (χ4v) is 1.83. The predicted molar refractivity (Wildman–Crippen MR) is 65.7 cm³/mol. The van der Waals surface area contributed by atoms with Gasteiger partial charge < -0.3 is 5.32 Å². The van der Waals surface area contributed by atoms with Crippen molar-refractivity contribution in [1.82, 2.24) is 25.3 Å². The molecule has 0 bridgehead atoms. The molecule has 0 aliphatic carbocycles. The lowest BCUT2D eigenvalue weighted by atomic mass is 10.1. The number of halogens is 3. The lowest BCUT2D eigenvalue weighted by Crippen LogP contribution is -2.20. The first-order valence-corrected chi connectivity index (χ1v) is 5.95. The van der Waals surface area contributed by atoms with Crippen LogP contribution in [0.1, 0.15) is 23.0 Å². The summed E-state index contributed by atoms with van der Waals surface area (Å²) in [5.74, 6) is 0. The Morgan fingerprint density at radius 2 is 2.10 bits per heavy atom. The zero-order valence-electron chi connectivity index (χ0n) is 11.0. The third kappa shape index (κ3) is 3.32. The van der Waals surface area contributed by atoms with Crippen molar-refractivity contribution in [1.29, 1.82) is 0 Å². The van der Waals surface area contributed by atoms with E-state index in [1.807, 2.05) is 0 Å². The van der Waals surface area contributed by atoms with E-state index < -0.39 is 11.7 Å². The van der Waals surface area contributed by atoms with Crippen molar-refractivity contribution in [2.45, 2.75) is 18.6 Å². The van der Waals surface area contributed by atoms with Crippen LogP contribution in [-0.4, -0.2) is 27.0 Å². The minimum absolute atomic E-state index is 0.214. The maximum atomic E-state index is 12.5. The van der Waals surface area contributed by atoms with Crippen molar-refractivity contribution in [2.24, 2.45) is 7.05 Å². The van der Waals surface area contributed by atoms with Crippen LogP contribution in [0.3, 0.4) is 0 Å². The fourth-order valence-electron chi connectivity index (χ4n) is 1.83. The van der Waals surface area contributed by atoms with Gasteiger partial charge >= 0.3 is 6.18 Å². The molecular formula is C12H14F3N5. The lowest BCUT2D eigenvalue weighted by molar-refractivity contribution is -0.137. The molecule has 0 aliphatic rings. The van der Waals surface area contributed by atoms with Crippen LogP contribution in [-0.2, 0) is 19.6 Å². The minimum Gasteiger partial charge on any atom is -0.311 e. The normalized spacial score (nSPS) is 13.4. The van der Waals surface area contributed by atoms with Crippen LogP contribution < -0.4 is 5.32 Å². The molecule has 2 aromatic heterocycles. The molecule has 2 rings (SSSR count). The monoisotopic (exact) mass is 285 g/mol. The highest BCUT2D eigenvalue weighted by Gasteiger charge is 2.31. The second-order valence-corrected chi connectivity index (χ2v) is 4.40. The molecule has 0 aromatic carbocycles. The van der Waals surface area contributed by atoms with Gasteiger partial charge in [0.2, 0.25) is 0 Å². The molecule has 2 aromatic rings. The summed E-state index contributed by atoms with van der Waals surface area (Å²) in [5.41, 5.74) is 0.523. The molecule has 108 valence electrons. The number of rotatable bonds is 4. The molecule has 0 fully saturated rings. The lowest BCUT2D eigenvalue weighted by Gasteiger charge is -2.15. The van der Waals surface area contributed by atoms with Crippen LogP contribution in [0.2, 0.25) is 0 Å². The Hall–Kier alpha value is -1.96. The highest BCUT2D eigenvalue weighted by molar-refractivity contribution is 5.20. The molecule has 5 nitrogen and oxygen atoms in total. The van der Waals surface area contributed by atoms with Crippen molar-refractivity contribution >= 4 is 0 Å². The molecule has 20 heavy (non-hydrogen) atoms. The summed E-state index contributed by atoms with van der Waals surface area (Å²) in [7, 11) is 3.47. The first-order valence-electron chi connectivity index (χ1n) is 5.95. The fraction of sp³-hybridized carbons (Fsp3) is 0.417. The van der Waals surface area contributed by atoms with Gasteiger partial charge in [0.1, 0.15) is 0 Å². The SMILES string of the molecule is CNC(Cc1cn(C)nn1)c1ccc(C(F)(F)F)cn1. The summed E-state index contributed by atoms with van der Waals surface area (Å²) in [6, 6.07) is 2.19. The highest BCUT2D eigenvalue weighted by Crippen LogP contribution is 2.29. The van der Waals surface area contributed by atoms with Gasteiger partial charge in [-0.1, -0.05) is 5.21 Å². The third-order valence-electron chi connectivity index (χ3n) is 2.88. The second kappa shape index (κ2) is 5.58. The summed E-state index contributed by atoms with van der Waals surface area (Å²) >= 11 is 0. The Morgan fingerprint density at radius 1 is 1.35 bits per heavy atom. The van der Waals surface area contributed by atoms with Crippen LogP contribution in [0.4, 0.5) is 13.2 Å². The molecule has 1 atom stereocenters. The number of aromatic nitrogens is 4. The topological polar surface area (TPSA) is 55.6 Å². The molecule has 1 N–H and O–H groups in total. The number of hydrogen-bond donors (Lipinski definition) is 1. The molecule has 0 amide bonds. The molecule has 0 radical (unpaired) electrons. The molecule has 0 spiro atoms. The van der Waals surface area contributed by atoms with Gasteiger partial charge in [0.25, 0.3) is 0 Å². The van der Waals surface area contributed by atoms with Crippen molar-refractivity contribution in [3.8, 4) is 0 Å². The largest absolute Gasteiger partial charge is 0.417 e. The summed E-state index contributed by atoms with van der Waals surface area (Å²) in [6.45, 7) is 0. The average Bonchev–Trinajstić information content (AvgIpc) is 2.81. The predicted octanol–water partition coefficient (Wildman–Crippen LogP) is 1.73. The number of nitrogens with one attached hydrogen (secondary N) is 1. The van der Waals surface area contributed by atoms with E-state index in [9.17, 15) is 13.2 Å². The molecular weight excluding hydrogens is 271 g/mol. The van der Waals surface area contributed by atoms with E-state index >= 15 is 0 Å². The van der Waals surface area contributed by atoms with E-state index in [1.165, 1.54) is 6.07 Å². The van der Waals surface area contributed by atoms with Crippen LogP contribution in [0, 0.1) is 0 Å². The molecule has 0 saturated heterocycles. The standard InChI is InChI=1S/C12H14F3N5/c1-16-11(5-9-7-20(2)19-18-9)10-4-3-8(6-17-10)12(13,14)15/h3-4,6-7,11,16H,5H2,1-2H3. The molecule has 0 aliphatic heterocycles. The Bertz CT molecular complexity index is 561. The van der Waals surface area contributed by atoms with Crippen LogP contribution in [0.5, 0.6) is 0 Å². The van der Waals surface area contributed by atoms with E-state index in [4.69, 9.17) is 0 Å². The van der Waals surface area contributed by atoms with Gasteiger partial charge in [0.05, 0.1) is 23.0 Å². The van der Waals surface area contributed by atoms with Gasteiger partial charge in [-0.25, -0.2) is 0 Å². The van der Waals surface area contributed by atoms with Crippen molar-refractivity contribution < 1.29 is 13.2 Å². The number of alkyl halides is 3. The second-order valence-electron chi connectivity index (χ2n) is 4.40. The summed E-state index contributed by atoms with van der Waals surface area (Å²) < 4.78 is 39.0. The quantitative estimate of drug-likeness (QED) is 0.929. The summed E-state index contributed by atoms with van der Waals surface area (Å²) in [6.07, 6.45) is -1.26. The van der Waals surface area contributed by atoms with Crippen LogP contribution >= 0.6 is 0 Å². The number of nitrogens with zero attached hydrogens (tertiary/aromatic N) is 4. The summed E-state index contributed by atoms with van der Waals surface area (Å²) in [4.78, 5) is 3.88. The first-order chi connectivity index (χ1) is 9.40. The summed E-state index contributed by atoms with van der Waals surface area (Å²) in [5, 5.41) is 10.8. The van der Waals surface area contributed by atoms with Gasteiger partial charge in [-0.2, -0.15) is 13.2 Å². The van der Waals surface area contributed by atoms with E-state index in [0.29, 0.717) is 12.1 Å². The zero-order chi connectivity index (χ0) is 14.8. The molecule has 2 heterocycles. The smallest absolute Gasteiger partial charge is 0.311 e. The van der Waals surface area contributed by atoms with Crippen molar-refractivity contribution in [2.75, 3.05) is 7.05 Å². The highest BCUT2D eigenvalue weighted by atomic mass is 19.4. The van der Waals surface area contributed by atoms with Gasteiger partial charge in [-0.3, -0.25) is 9.67 Å². The Balaban J connectivity index is 2.15. The number of likely N-dealkylation sites (N-methyl/N-ethyl adjacent to an activating group) is 1. The van der Waals surface area contributed by atoms with E-state index in [-0.39, 0.29) is 6.04 Å². The van der Waals surface area contributed by atoms with Gasteiger partial charge in [0.15, 0.2) is 0 Å². The number of pyridine rings is 1. The number of aryl methyl sites for hydroxylation is 1. The number of hydrogen-bond acceptors (Lipinski definition) is 4. The minimum atomic E-state index is -4.37. The van der Waals surface area contributed by atoms with Crippen LogP contribution in [0.15, 0.2) is 24.5 Å². The van der Waals surface area contributed by atoms with Gasteiger partial charge in [0, 0.05) is 25.9 Å². The zero-order valence-corrected chi connectivity index (χ0v) is 11.0.